The van der Waals surface area contributed by atoms with Crippen molar-refractivity contribution in [1.29, 1.82) is 0 Å². The number of hydrogen-bond acceptors (Lipinski definition) is 2. The number of unbranched alkanes of at least 4 members (excludes halogenated alkanes) is 1. The van der Waals surface area contributed by atoms with Gasteiger partial charge in [-0.25, -0.2) is 0 Å². The molecule has 2 heteroatoms. The first kappa shape index (κ1) is 16.4. The Labute approximate surface area is 130 Å². The minimum Gasteiger partial charge on any atom is -0.493 e. The number of fused-ring (bicyclic) bond motifs is 1. The summed E-state index contributed by atoms with van der Waals surface area (Å²) in [5.74, 6) is 1.90. The van der Waals surface area contributed by atoms with Crippen molar-refractivity contribution in [2.45, 2.75) is 65.3 Å². The smallest absolute Gasteiger partial charge is 0.122 e. The molecule has 2 rings (SSSR count). The van der Waals surface area contributed by atoms with Gasteiger partial charge in [0.05, 0.1) is 6.61 Å². The Morgan fingerprint density at radius 1 is 1.19 bits per heavy atom. The highest BCUT2D eigenvalue weighted by Gasteiger charge is 2.16. The van der Waals surface area contributed by atoms with Crippen LogP contribution in [0, 0.1) is 5.92 Å². The average Bonchev–Trinajstić information content (AvgIpc) is 2.98. The second-order valence-corrected chi connectivity index (χ2v) is 6.25. The maximum atomic E-state index is 5.61. The van der Waals surface area contributed by atoms with Crippen molar-refractivity contribution in [3.05, 3.63) is 29.3 Å². The number of nitrogens with one attached hydrogen (secondary N) is 1. The van der Waals surface area contributed by atoms with Crippen molar-refractivity contribution in [3.63, 3.8) is 0 Å². The first-order valence-corrected chi connectivity index (χ1v) is 8.77. The molecule has 0 fully saturated rings. The van der Waals surface area contributed by atoms with Gasteiger partial charge in [0.15, 0.2) is 0 Å². The molecule has 1 N–H and O–H groups in total. The van der Waals surface area contributed by atoms with E-state index in [9.17, 15) is 0 Å². The van der Waals surface area contributed by atoms with Crippen LogP contribution in [0.4, 0.5) is 0 Å². The van der Waals surface area contributed by atoms with E-state index in [1.165, 1.54) is 36.8 Å². The Bertz CT molecular complexity index is 430. The van der Waals surface area contributed by atoms with Crippen LogP contribution in [0.15, 0.2) is 18.2 Å². The first-order valence-electron chi connectivity index (χ1n) is 8.77. The molecule has 0 amide bonds. The second-order valence-electron chi connectivity index (χ2n) is 6.25. The normalized spacial score (nSPS) is 16.3. The molecular weight excluding hydrogens is 258 g/mol. The molecule has 1 heterocycles. The molecule has 1 aliphatic heterocycles. The minimum atomic E-state index is 0.478. The quantitative estimate of drug-likeness (QED) is 0.699. The molecule has 1 aromatic rings. The number of hydrogen-bond donors (Lipinski definition) is 1. The molecule has 0 saturated heterocycles. The number of ether oxygens (including phenoxy) is 1. The second kappa shape index (κ2) is 8.43. The molecule has 0 saturated carbocycles. The van der Waals surface area contributed by atoms with E-state index in [2.05, 4.69) is 44.3 Å². The van der Waals surface area contributed by atoms with Crippen LogP contribution in [0.5, 0.6) is 5.75 Å². The van der Waals surface area contributed by atoms with E-state index in [0.29, 0.717) is 6.04 Å². The van der Waals surface area contributed by atoms with E-state index in [4.69, 9.17) is 4.74 Å². The van der Waals surface area contributed by atoms with Gasteiger partial charge in [-0.15, -0.1) is 0 Å². The van der Waals surface area contributed by atoms with Gasteiger partial charge < -0.3 is 10.1 Å². The van der Waals surface area contributed by atoms with Crippen molar-refractivity contribution in [3.8, 4) is 5.75 Å². The average molecular weight is 289 g/mol. The summed E-state index contributed by atoms with van der Waals surface area (Å²) in [5, 5.41) is 3.80. The monoisotopic (exact) mass is 289 g/mol. The lowest BCUT2D eigenvalue weighted by Crippen LogP contribution is -2.27. The fourth-order valence-corrected chi connectivity index (χ4v) is 3.17. The molecule has 21 heavy (non-hydrogen) atoms. The van der Waals surface area contributed by atoms with Crippen LogP contribution in [-0.4, -0.2) is 13.2 Å². The Kier molecular flexibility index (Phi) is 6.56. The fraction of sp³-hybridized carbons (Fsp3) is 0.684. The highest BCUT2D eigenvalue weighted by Crippen LogP contribution is 2.29. The Morgan fingerprint density at radius 3 is 2.76 bits per heavy atom. The molecule has 118 valence electrons. The summed E-state index contributed by atoms with van der Waals surface area (Å²) in [6.45, 7) is 8.85. The zero-order chi connectivity index (χ0) is 15.1. The maximum Gasteiger partial charge on any atom is 0.122 e. The molecule has 0 aromatic heterocycles. The standard InChI is InChI=1S/C19H31NO/c1-4-7-8-15(5-2)14-20-18(6-3)16-9-10-19-17(13-16)11-12-21-19/h9-10,13,15,18,20H,4-8,11-12,14H2,1-3H3. The highest BCUT2D eigenvalue weighted by atomic mass is 16.5. The van der Waals surface area contributed by atoms with Gasteiger partial charge in [-0.05, 0) is 42.5 Å². The molecule has 1 aliphatic rings. The van der Waals surface area contributed by atoms with E-state index in [1.807, 2.05) is 0 Å². The lowest BCUT2D eigenvalue weighted by atomic mass is 9.97. The third-order valence-corrected chi connectivity index (χ3v) is 4.72. The van der Waals surface area contributed by atoms with Gasteiger partial charge in [0.1, 0.15) is 5.75 Å². The van der Waals surface area contributed by atoms with E-state index >= 15 is 0 Å². The Balaban J connectivity index is 1.93. The third-order valence-electron chi connectivity index (χ3n) is 4.72. The minimum absolute atomic E-state index is 0.478. The number of benzene rings is 1. The Hall–Kier alpha value is -1.02. The first-order chi connectivity index (χ1) is 10.3. The summed E-state index contributed by atoms with van der Waals surface area (Å²) in [6.07, 6.45) is 7.50. The molecule has 2 unspecified atom stereocenters. The zero-order valence-electron chi connectivity index (χ0n) is 14.0. The van der Waals surface area contributed by atoms with Gasteiger partial charge in [0.2, 0.25) is 0 Å². The summed E-state index contributed by atoms with van der Waals surface area (Å²) in [7, 11) is 0. The largest absolute Gasteiger partial charge is 0.493 e. The highest BCUT2D eigenvalue weighted by molar-refractivity contribution is 5.40. The molecular formula is C19H31NO. The predicted molar refractivity (Wildman–Crippen MR) is 90.0 cm³/mol. The van der Waals surface area contributed by atoms with Crippen LogP contribution in [0.25, 0.3) is 0 Å². The van der Waals surface area contributed by atoms with Crippen molar-refractivity contribution in [2.24, 2.45) is 5.92 Å². The molecule has 2 atom stereocenters. The van der Waals surface area contributed by atoms with Crippen LogP contribution >= 0.6 is 0 Å². The van der Waals surface area contributed by atoms with E-state index in [1.54, 1.807) is 0 Å². The van der Waals surface area contributed by atoms with Crippen LogP contribution < -0.4 is 10.1 Å². The summed E-state index contributed by atoms with van der Waals surface area (Å²) in [4.78, 5) is 0. The lowest BCUT2D eigenvalue weighted by molar-refractivity contribution is 0.356. The summed E-state index contributed by atoms with van der Waals surface area (Å²) in [5.41, 5.74) is 2.80. The van der Waals surface area contributed by atoms with Crippen LogP contribution in [0.1, 0.15) is 70.0 Å². The number of rotatable bonds is 9. The van der Waals surface area contributed by atoms with Gasteiger partial charge >= 0.3 is 0 Å². The van der Waals surface area contributed by atoms with E-state index in [-0.39, 0.29) is 0 Å². The van der Waals surface area contributed by atoms with Gasteiger partial charge in [0, 0.05) is 12.5 Å². The lowest BCUT2D eigenvalue weighted by Gasteiger charge is -2.22. The molecule has 1 aromatic carbocycles. The molecule has 2 nitrogen and oxygen atoms in total. The molecule has 0 spiro atoms. The Morgan fingerprint density at radius 2 is 2.05 bits per heavy atom. The van der Waals surface area contributed by atoms with Gasteiger partial charge in [-0.3, -0.25) is 0 Å². The summed E-state index contributed by atoms with van der Waals surface area (Å²) >= 11 is 0. The topological polar surface area (TPSA) is 21.3 Å². The van der Waals surface area contributed by atoms with E-state index < -0.39 is 0 Å². The fourth-order valence-electron chi connectivity index (χ4n) is 3.17. The van der Waals surface area contributed by atoms with Crippen molar-refractivity contribution in [1.82, 2.24) is 5.32 Å². The van der Waals surface area contributed by atoms with Gasteiger partial charge in [-0.1, -0.05) is 52.2 Å². The zero-order valence-corrected chi connectivity index (χ0v) is 14.0. The van der Waals surface area contributed by atoms with E-state index in [0.717, 1.165) is 37.7 Å². The third kappa shape index (κ3) is 4.47. The van der Waals surface area contributed by atoms with Gasteiger partial charge in [-0.2, -0.15) is 0 Å². The van der Waals surface area contributed by atoms with Crippen molar-refractivity contribution in [2.75, 3.05) is 13.2 Å². The van der Waals surface area contributed by atoms with Crippen LogP contribution in [0.2, 0.25) is 0 Å². The predicted octanol–water partition coefficient (Wildman–Crippen LogP) is 4.88. The van der Waals surface area contributed by atoms with Gasteiger partial charge in [0.25, 0.3) is 0 Å². The molecule has 0 aliphatic carbocycles. The molecule has 0 bridgehead atoms. The van der Waals surface area contributed by atoms with Crippen molar-refractivity contribution >= 4 is 0 Å². The summed E-state index contributed by atoms with van der Waals surface area (Å²) in [6, 6.07) is 7.21. The van der Waals surface area contributed by atoms with Crippen molar-refractivity contribution < 1.29 is 4.74 Å². The van der Waals surface area contributed by atoms with Crippen LogP contribution in [0.3, 0.4) is 0 Å². The maximum absolute atomic E-state index is 5.61. The summed E-state index contributed by atoms with van der Waals surface area (Å²) < 4.78 is 5.61. The molecule has 0 radical (unpaired) electrons. The van der Waals surface area contributed by atoms with Crippen LogP contribution in [-0.2, 0) is 6.42 Å². The SMILES string of the molecule is CCCCC(CC)CNC(CC)c1ccc2c(c1)CCO2.